The van der Waals surface area contributed by atoms with E-state index >= 15 is 0 Å². The van der Waals surface area contributed by atoms with Gasteiger partial charge in [-0.15, -0.1) is 0 Å². The summed E-state index contributed by atoms with van der Waals surface area (Å²) in [6, 6.07) is 6.35. The Labute approximate surface area is 139 Å². The van der Waals surface area contributed by atoms with Crippen LogP contribution in [0.15, 0.2) is 30.6 Å². The van der Waals surface area contributed by atoms with Gasteiger partial charge in [0.05, 0.1) is 11.6 Å². The van der Waals surface area contributed by atoms with Crippen LogP contribution in [0.1, 0.15) is 12.8 Å². The van der Waals surface area contributed by atoms with E-state index in [1.54, 1.807) is 0 Å². The second kappa shape index (κ2) is 6.02. The molecule has 0 bridgehead atoms. The van der Waals surface area contributed by atoms with Gasteiger partial charge < -0.3 is 13.7 Å². The van der Waals surface area contributed by atoms with Gasteiger partial charge in [-0.3, -0.25) is 4.98 Å². The third-order valence-electron chi connectivity index (χ3n) is 4.63. The highest BCUT2D eigenvalue weighted by atomic mass is 32.2. The van der Waals surface area contributed by atoms with Gasteiger partial charge in [0.2, 0.25) is 0 Å². The van der Waals surface area contributed by atoms with Crippen LogP contribution in [-0.4, -0.2) is 40.0 Å². The van der Waals surface area contributed by atoms with Gasteiger partial charge in [-0.1, -0.05) is 0 Å². The fourth-order valence-corrected chi connectivity index (χ4v) is 3.86. The lowest BCUT2D eigenvalue weighted by Crippen LogP contribution is -2.36. The maximum atomic E-state index is 5.65. The molecule has 0 atom stereocenters. The highest BCUT2D eigenvalue weighted by molar-refractivity contribution is 7.93. The van der Waals surface area contributed by atoms with Crippen LogP contribution in [0.4, 0.5) is 5.82 Å². The minimum atomic E-state index is 0.369. The number of hydrogen-bond acceptors (Lipinski definition) is 5. The second-order valence-electron chi connectivity index (χ2n) is 5.94. The molecule has 0 N–H and O–H groups in total. The number of hydrogen-bond donors (Lipinski definition) is 0. The second-order valence-corrected chi connectivity index (χ2v) is 6.47. The number of anilines is 1. The summed E-state index contributed by atoms with van der Waals surface area (Å²) in [6.07, 6.45) is 8.22. The van der Waals surface area contributed by atoms with Crippen molar-refractivity contribution in [3.05, 3.63) is 30.6 Å². The molecule has 5 nitrogen and oxygen atoms in total. The van der Waals surface area contributed by atoms with Crippen LogP contribution in [0.25, 0.3) is 21.9 Å². The summed E-state index contributed by atoms with van der Waals surface area (Å²) in [4.78, 5) is 11.5. The Balaban J connectivity index is 1.67. The van der Waals surface area contributed by atoms with Crippen molar-refractivity contribution < 1.29 is 4.18 Å². The van der Waals surface area contributed by atoms with Gasteiger partial charge in [0, 0.05) is 49.6 Å². The summed E-state index contributed by atoms with van der Waals surface area (Å²) in [5.41, 5.74) is 2.19. The SMILES string of the molecule is CSOC1CCN(c2ccc3c4cnccc4n(C)c3n2)CC1. The molecule has 0 aromatic carbocycles. The van der Waals surface area contributed by atoms with Crippen molar-refractivity contribution >= 4 is 39.8 Å². The lowest BCUT2D eigenvalue weighted by molar-refractivity contribution is 0.205. The Morgan fingerprint density at radius 2 is 2.00 bits per heavy atom. The van der Waals surface area contributed by atoms with Gasteiger partial charge >= 0.3 is 0 Å². The number of piperidine rings is 1. The first-order chi connectivity index (χ1) is 11.3. The number of nitrogens with zero attached hydrogens (tertiary/aromatic N) is 4. The number of rotatable bonds is 3. The smallest absolute Gasteiger partial charge is 0.143 e. The predicted molar refractivity (Wildman–Crippen MR) is 95.9 cm³/mol. The first kappa shape index (κ1) is 14.8. The van der Waals surface area contributed by atoms with E-state index < -0.39 is 0 Å². The zero-order valence-electron chi connectivity index (χ0n) is 13.4. The molecule has 4 heterocycles. The lowest BCUT2D eigenvalue weighted by Gasteiger charge is -2.32. The molecule has 0 unspecified atom stereocenters. The van der Waals surface area contributed by atoms with Gasteiger partial charge in [-0.25, -0.2) is 4.98 Å². The highest BCUT2D eigenvalue weighted by Gasteiger charge is 2.21. The van der Waals surface area contributed by atoms with E-state index in [9.17, 15) is 0 Å². The minimum Gasteiger partial charge on any atom is -0.356 e. The van der Waals surface area contributed by atoms with Crippen LogP contribution in [0.5, 0.6) is 0 Å². The fourth-order valence-electron chi connectivity index (χ4n) is 3.40. The monoisotopic (exact) mass is 328 g/mol. The Morgan fingerprint density at radius 1 is 1.17 bits per heavy atom. The number of pyridine rings is 2. The van der Waals surface area contributed by atoms with E-state index in [1.807, 2.05) is 24.7 Å². The van der Waals surface area contributed by atoms with Crippen LogP contribution in [0, 0.1) is 0 Å². The number of aryl methyl sites for hydroxylation is 1. The summed E-state index contributed by atoms with van der Waals surface area (Å²) in [7, 11) is 2.07. The van der Waals surface area contributed by atoms with Gasteiger partial charge in [-0.05, 0) is 43.1 Å². The maximum Gasteiger partial charge on any atom is 0.143 e. The van der Waals surface area contributed by atoms with Crippen molar-refractivity contribution in [3.8, 4) is 0 Å². The molecule has 120 valence electrons. The van der Waals surface area contributed by atoms with Crippen LogP contribution >= 0.6 is 12.0 Å². The van der Waals surface area contributed by atoms with E-state index in [0.29, 0.717) is 6.10 Å². The van der Waals surface area contributed by atoms with Crippen LogP contribution in [0.2, 0.25) is 0 Å². The largest absolute Gasteiger partial charge is 0.356 e. The van der Waals surface area contributed by atoms with Crippen LogP contribution in [0.3, 0.4) is 0 Å². The Hall–Kier alpha value is -1.79. The van der Waals surface area contributed by atoms with Crippen LogP contribution in [-0.2, 0) is 11.2 Å². The molecule has 1 aliphatic heterocycles. The van der Waals surface area contributed by atoms with Crippen molar-refractivity contribution in [1.82, 2.24) is 14.5 Å². The molecule has 0 radical (unpaired) electrons. The lowest BCUT2D eigenvalue weighted by atomic mass is 10.1. The molecule has 23 heavy (non-hydrogen) atoms. The summed E-state index contributed by atoms with van der Waals surface area (Å²) in [5, 5.41) is 2.33. The molecule has 4 rings (SSSR count). The first-order valence-electron chi connectivity index (χ1n) is 7.91. The molecule has 1 aliphatic rings. The van der Waals surface area contributed by atoms with Gasteiger partial charge in [0.1, 0.15) is 11.5 Å². The highest BCUT2D eigenvalue weighted by Crippen LogP contribution is 2.29. The van der Waals surface area contributed by atoms with E-state index in [4.69, 9.17) is 9.17 Å². The molecule has 6 heteroatoms. The molecular weight excluding hydrogens is 308 g/mol. The Kier molecular flexibility index (Phi) is 3.87. The maximum absolute atomic E-state index is 5.65. The molecule has 0 spiro atoms. The molecule has 0 amide bonds. The molecule has 3 aromatic heterocycles. The average molecular weight is 328 g/mol. The van der Waals surface area contributed by atoms with Crippen molar-refractivity contribution in [1.29, 1.82) is 0 Å². The molecule has 0 saturated carbocycles. The van der Waals surface area contributed by atoms with E-state index in [-0.39, 0.29) is 0 Å². The molecule has 3 aromatic rings. The fraction of sp³-hybridized carbons (Fsp3) is 0.412. The van der Waals surface area contributed by atoms with Crippen molar-refractivity contribution in [2.24, 2.45) is 7.05 Å². The Morgan fingerprint density at radius 3 is 2.78 bits per heavy atom. The summed E-state index contributed by atoms with van der Waals surface area (Å²) >= 11 is 1.47. The summed E-state index contributed by atoms with van der Waals surface area (Å²) in [6.45, 7) is 1.99. The van der Waals surface area contributed by atoms with Crippen molar-refractivity contribution in [2.75, 3.05) is 24.2 Å². The number of fused-ring (bicyclic) bond motifs is 3. The first-order valence-corrected chi connectivity index (χ1v) is 9.06. The third-order valence-corrected chi connectivity index (χ3v) is 5.09. The quantitative estimate of drug-likeness (QED) is 0.690. The molecule has 1 saturated heterocycles. The van der Waals surface area contributed by atoms with Gasteiger partial charge in [0.15, 0.2) is 0 Å². The molecule has 0 aliphatic carbocycles. The van der Waals surface area contributed by atoms with Gasteiger partial charge in [0.25, 0.3) is 0 Å². The van der Waals surface area contributed by atoms with E-state index in [0.717, 1.165) is 42.8 Å². The predicted octanol–water partition coefficient (Wildman–Crippen LogP) is 3.38. The van der Waals surface area contributed by atoms with Gasteiger partial charge in [-0.2, -0.15) is 0 Å². The third kappa shape index (κ3) is 2.56. The van der Waals surface area contributed by atoms with E-state index in [1.165, 1.54) is 22.9 Å². The standard InChI is InChI=1S/C17H20N4OS/c1-20-15-5-8-18-11-14(15)13-3-4-16(19-17(13)20)21-9-6-12(7-10-21)22-23-2/h3-5,8,11-12H,6-7,9-10H2,1-2H3. The van der Waals surface area contributed by atoms with E-state index in [2.05, 4.69) is 33.6 Å². The van der Waals surface area contributed by atoms with Crippen molar-refractivity contribution in [3.63, 3.8) is 0 Å². The van der Waals surface area contributed by atoms with Crippen molar-refractivity contribution in [2.45, 2.75) is 18.9 Å². The molecule has 1 fully saturated rings. The number of aromatic nitrogens is 3. The molecular formula is C17H20N4OS. The normalized spacial score (nSPS) is 16.5. The Bertz CT molecular complexity index is 839. The zero-order valence-corrected chi connectivity index (χ0v) is 14.2. The minimum absolute atomic E-state index is 0.369. The topological polar surface area (TPSA) is 43.2 Å². The van der Waals surface area contributed by atoms with Crippen LogP contribution < -0.4 is 4.90 Å². The zero-order chi connectivity index (χ0) is 15.8. The average Bonchev–Trinajstić information content (AvgIpc) is 2.89. The summed E-state index contributed by atoms with van der Waals surface area (Å²) < 4.78 is 7.81. The summed E-state index contributed by atoms with van der Waals surface area (Å²) in [5.74, 6) is 1.05.